The average molecular weight is 229 g/mol. The molecule has 0 unspecified atom stereocenters. The smallest absolute Gasteiger partial charge is 0.0659 e. The van der Waals surface area contributed by atoms with E-state index in [-0.39, 0.29) is 0 Å². The van der Waals surface area contributed by atoms with E-state index in [1.54, 1.807) is 0 Å². The molecule has 1 aromatic heterocycles. The summed E-state index contributed by atoms with van der Waals surface area (Å²) in [6, 6.07) is 10.7. The summed E-state index contributed by atoms with van der Waals surface area (Å²) in [6.07, 6.45) is 2.02. The summed E-state index contributed by atoms with van der Waals surface area (Å²) in [5.74, 6) is 0. The van der Waals surface area contributed by atoms with Gasteiger partial charge in [-0.1, -0.05) is 31.2 Å². The molecule has 0 fully saturated rings. The van der Waals surface area contributed by atoms with Crippen molar-refractivity contribution in [3.63, 3.8) is 0 Å². The predicted molar refractivity (Wildman–Crippen MR) is 69.9 cm³/mol. The number of aromatic nitrogens is 2. The van der Waals surface area contributed by atoms with Crippen molar-refractivity contribution in [2.45, 2.75) is 26.9 Å². The third-order valence-corrected chi connectivity index (χ3v) is 2.72. The Bertz CT molecular complexity index is 457. The van der Waals surface area contributed by atoms with Crippen LogP contribution in [0, 0.1) is 6.92 Å². The number of aryl methyl sites for hydroxylation is 1. The first kappa shape index (κ1) is 11.9. The zero-order chi connectivity index (χ0) is 12.1. The lowest BCUT2D eigenvalue weighted by atomic mass is 10.1. The maximum absolute atomic E-state index is 4.38. The molecule has 3 nitrogen and oxygen atoms in total. The van der Waals surface area contributed by atoms with Gasteiger partial charge in [-0.05, 0) is 30.7 Å². The molecule has 2 aromatic rings. The Hall–Kier alpha value is -1.61. The van der Waals surface area contributed by atoms with Crippen LogP contribution in [-0.4, -0.2) is 16.3 Å². The first-order valence-corrected chi connectivity index (χ1v) is 6.06. The van der Waals surface area contributed by atoms with E-state index >= 15 is 0 Å². The van der Waals surface area contributed by atoms with Gasteiger partial charge in [0.2, 0.25) is 0 Å². The Morgan fingerprint density at radius 3 is 2.41 bits per heavy atom. The van der Waals surface area contributed by atoms with E-state index in [1.807, 2.05) is 23.9 Å². The summed E-state index contributed by atoms with van der Waals surface area (Å²) in [4.78, 5) is 0. The molecule has 0 aliphatic carbocycles. The van der Waals surface area contributed by atoms with Crippen LogP contribution in [-0.2, 0) is 13.1 Å². The zero-order valence-electron chi connectivity index (χ0n) is 10.5. The topological polar surface area (TPSA) is 29.9 Å². The van der Waals surface area contributed by atoms with Crippen molar-refractivity contribution >= 4 is 0 Å². The highest BCUT2D eigenvalue weighted by Gasteiger charge is 1.97. The van der Waals surface area contributed by atoms with Crippen molar-refractivity contribution in [3.05, 3.63) is 53.3 Å². The molecule has 0 spiro atoms. The van der Waals surface area contributed by atoms with Crippen LogP contribution in [0.2, 0.25) is 0 Å². The van der Waals surface area contributed by atoms with Crippen LogP contribution < -0.4 is 5.32 Å². The lowest BCUT2D eigenvalue weighted by molar-refractivity contribution is 0.678. The Morgan fingerprint density at radius 2 is 1.82 bits per heavy atom. The third kappa shape index (κ3) is 3.43. The fraction of sp³-hybridized carbons (Fsp3) is 0.357. The van der Waals surface area contributed by atoms with Gasteiger partial charge in [-0.3, -0.25) is 4.68 Å². The summed E-state index contributed by atoms with van der Waals surface area (Å²) < 4.78 is 1.97. The quantitative estimate of drug-likeness (QED) is 0.853. The van der Waals surface area contributed by atoms with Gasteiger partial charge in [-0.2, -0.15) is 5.10 Å². The second-order valence-corrected chi connectivity index (χ2v) is 4.25. The average Bonchev–Trinajstić information content (AvgIpc) is 2.74. The SMILES string of the molecule is CCNCc1ccc(Cn2ccc(C)n2)cc1. The van der Waals surface area contributed by atoms with Crippen molar-refractivity contribution in [1.82, 2.24) is 15.1 Å². The maximum Gasteiger partial charge on any atom is 0.0659 e. The molecule has 0 bridgehead atoms. The van der Waals surface area contributed by atoms with E-state index in [9.17, 15) is 0 Å². The fourth-order valence-corrected chi connectivity index (χ4v) is 1.77. The van der Waals surface area contributed by atoms with Crippen LogP contribution in [0.4, 0.5) is 0 Å². The van der Waals surface area contributed by atoms with Gasteiger partial charge in [-0.15, -0.1) is 0 Å². The minimum Gasteiger partial charge on any atom is -0.313 e. The Labute approximate surface area is 102 Å². The second-order valence-electron chi connectivity index (χ2n) is 4.25. The molecule has 1 aromatic carbocycles. The molecule has 1 N–H and O–H groups in total. The van der Waals surface area contributed by atoms with Crippen LogP contribution in [0.5, 0.6) is 0 Å². The van der Waals surface area contributed by atoms with E-state index in [4.69, 9.17) is 0 Å². The van der Waals surface area contributed by atoms with Crippen molar-refractivity contribution in [2.75, 3.05) is 6.54 Å². The summed E-state index contributed by atoms with van der Waals surface area (Å²) in [5, 5.41) is 7.70. The Morgan fingerprint density at radius 1 is 1.12 bits per heavy atom. The molecule has 1 heterocycles. The number of benzene rings is 1. The van der Waals surface area contributed by atoms with Gasteiger partial charge in [0.05, 0.1) is 12.2 Å². The Balaban J connectivity index is 1.98. The van der Waals surface area contributed by atoms with E-state index in [0.717, 1.165) is 25.3 Å². The normalized spacial score (nSPS) is 10.7. The standard InChI is InChI=1S/C14H19N3/c1-3-15-10-13-4-6-14(7-5-13)11-17-9-8-12(2)16-17/h4-9,15H,3,10-11H2,1-2H3. The molecule has 0 saturated heterocycles. The number of nitrogens with one attached hydrogen (secondary N) is 1. The number of rotatable bonds is 5. The van der Waals surface area contributed by atoms with Crippen LogP contribution in [0.1, 0.15) is 23.7 Å². The van der Waals surface area contributed by atoms with E-state index in [0.29, 0.717) is 0 Å². The van der Waals surface area contributed by atoms with E-state index in [1.165, 1.54) is 11.1 Å². The van der Waals surface area contributed by atoms with Gasteiger partial charge in [0, 0.05) is 12.7 Å². The zero-order valence-corrected chi connectivity index (χ0v) is 10.5. The van der Waals surface area contributed by atoms with Crippen LogP contribution in [0.15, 0.2) is 36.5 Å². The van der Waals surface area contributed by atoms with Crippen molar-refractivity contribution in [1.29, 1.82) is 0 Å². The van der Waals surface area contributed by atoms with Crippen LogP contribution in [0.25, 0.3) is 0 Å². The molecule has 0 amide bonds. The lowest BCUT2D eigenvalue weighted by Crippen LogP contribution is -2.11. The van der Waals surface area contributed by atoms with Gasteiger partial charge in [0.25, 0.3) is 0 Å². The van der Waals surface area contributed by atoms with Crippen LogP contribution in [0.3, 0.4) is 0 Å². The van der Waals surface area contributed by atoms with Gasteiger partial charge < -0.3 is 5.32 Å². The first-order chi connectivity index (χ1) is 8.28. The highest BCUT2D eigenvalue weighted by Crippen LogP contribution is 2.06. The number of hydrogen-bond acceptors (Lipinski definition) is 2. The molecule has 17 heavy (non-hydrogen) atoms. The van der Waals surface area contributed by atoms with Crippen molar-refractivity contribution < 1.29 is 0 Å². The minimum atomic E-state index is 0.843. The molecule has 0 aliphatic rings. The molecule has 2 rings (SSSR count). The molecule has 0 atom stereocenters. The highest BCUT2D eigenvalue weighted by atomic mass is 15.3. The molecule has 0 aliphatic heterocycles. The molecule has 3 heteroatoms. The maximum atomic E-state index is 4.38. The van der Waals surface area contributed by atoms with Gasteiger partial charge in [-0.25, -0.2) is 0 Å². The third-order valence-electron chi connectivity index (χ3n) is 2.72. The number of nitrogens with zero attached hydrogens (tertiary/aromatic N) is 2. The predicted octanol–water partition coefficient (Wildman–Crippen LogP) is 2.35. The molecular formula is C14H19N3. The van der Waals surface area contributed by atoms with Gasteiger partial charge in [0.1, 0.15) is 0 Å². The summed E-state index contributed by atoms with van der Waals surface area (Å²) >= 11 is 0. The summed E-state index contributed by atoms with van der Waals surface area (Å²) in [7, 11) is 0. The van der Waals surface area contributed by atoms with Crippen LogP contribution >= 0.6 is 0 Å². The van der Waals surface area contributed by atoms with Gasteiger partial charge >= 0.3 is 0 Å². The van der Waals surface area contributed by atoms with Crippen molar-refractivity contribution in [3.8, 4) is 0 Å². The monoisotopic (exact) mass is 229 g/mol. The summed E-state index contributed by atoms with van der Waals surface area (Å²) in [6.45, 7) is 6.92. The van der Waals surface area contributed by atoms with E-state index in [2.05, 4.69) is 41.6 Å². The molecule has 90 valence electrons. The summed E-state index contributed by atoms with van der Waals surface area (Å²) in [5.41, 5.74) is 3.68. The molecule has 0 radical (unpaired) electrons. The molecule has 0 saturated carbocycles. The fourth-order valence-electron chi connectivity index (χ4n) is 1.77. The van der Waals surface area contributed by atoms with Crippen molar-refractivity contribution in [2.24, 2.45) is 0 Å². The first-order valence-electron chi connectivity index (χ1n) is 6.06. The lowest BCUT2D eigenvalue weighted by Gasteiger charge is -2.05. The van der Waals surface area contributed by atoms with Gasteiger partial charge in [0.15, 0.2) is 0 Å². The van der Waals surface area contributed by atoms with E-state index < -0.39 is 0 Å². The molecular weight excluding hydrogens is 210 g/mol. The second kappa shape index (κ2) is 5.64. The highest BCUT2D eigenvalue weighted by molar-refractivity contribution is 5.22. The largest absolute Gasteiger partial charge is 0.313 e. The number of hydrogen-bond donors (Lipinski definition) is 1. The Kier molecular flexibility index (Phi) is 3.94. The minimum absolute atomic E-state index is 0.843.